The summed E-state index contributed by atoms with van der Waals surface area (Å²) in [4.78, 5) is 4.33. The summed E-state index contributed by atoms with van der Waals surface area (Å²) in [6.45, 7) is 1.98. The van der Waals surface area contributed by atoms with Gasteiger partial charge in [-0.25, -0.2) is 4.98 Å². The molecule has 1 fully saturated rings. The topological polar surface area (TPSA) is 38.1 Å². The van der Waals surface area contributed by atoms with Crippen LogP contribution >= 0.6 is 0 Å². The van der Waals surface area contributed by atoms with Crippen molar-refractivity contribution in [3.63, 3.8) is 0 Å². The fourth-order valence-corrected chi connectivity index (χ4v) is 1.85. The second-order valence-electron chi connectivity index (χ2n) is 4.18. The van der Waals surface area contributed by atoms with Crippen LogP contribution in [0.4, 0.5) is 0 Å². The van der Waals surface area contributed by atoms with Crippen LogP contribution in [0.3, 0.4) is 0 Å². The molecule has 1 aromatic heterocycles. The molecule has 3 nitrogen and oxygen atoms in total. The highest BCUT2D eigenvalue weighted by molar-refractivity contribution is 5.19. The fraction of sp³-hybridized carbons (Fsp3) is 0.308. The van der Waals surface area contributed by atoms with E-state index in [0.29, 0.717) is 5.92 Å². The van der Waals surface area contributed by atoms with Crippen molar-refractivity contribution in [2.75, 3.05) is 13.1 Å². The molecule has 2 aromatic rings. The van der Waals surface area contributed by atoms with E-state index in [9.17, 15) is 0 Å². The monoisotopic (exact) mass is 214 g/mol. The van der Waals surface area contributed by atoms with Gasteiger partial charge in [-0.15, -0.1) is 0 Å². The molecule has 1 aliphatic rings. The normalized spacial score (nSPS) is 16.0. The first kappa shape index (κ1) is 9.60. The predicted molar refractivity (Wildman–Crippen MR) is 61.4 cm³/mol. The van der Waals surface area contributed by atoms with Crippen molar-refractivity contribution in [1.82, 2.24) is 10.3 Å². The van der Waals surface area contributed by atoms with Crippen LogP contribution in [0.2, 0.25) is 0 Å². The molecule has 0 aliphatic carbocycles. The summed E-state index contributed by atoms with van der Waals surface area (Å²) in [5.41, 5.74) is 1.26. The van der Waals surface area contributed by atoms with Gasteiger partial charge < -0.3 is 9.73 Å². The van der Waals surface area contributed by atoms with Gasteiger partial charge in [0.15, 0.2) is 5.89 Å². The van der Waals surface area contributed by atoms with Crippen LogP contribution in [0.1, 0.15) is 23.1 Å². The van der Waals surface area contributed by atoms with Crippen LogP contribution in [-0.4, -0.2) is 18.1 Å². The van der Waals surface area contributed by atoms with Crippen LogP contribution in [0, 0.1) is 0 Å². The van der Waals surface area contributed by atoms with Gasteiger partial charge >= 0.3 is 0 Å². The molecule has 0 bridgehead atoms. The number of nitrogens with zero attached hydrogens (tertiary/aromatic N) is 1. The summed E-state index contributed by atoms with van der Waals surface area (Å²) in [7, 11) is 0. The SMILES string of the molecule is c1ccc(Cc2cnc(C3CNC3)o2)cc1. The highest BCUT2D eigenvalue weighted by atomic mass is 16.4. The minimum atomic E-state index is 0.476. The minimum Gasteiger partial charge on any atom is -0.445 e. The molecule has 0 amide bonds. The zero-order valence-electron chi connectivity index (χ0n) is 9.02. The summed E-state index contributed by atoms with van der Waals surface area (Å²) in [6, 6.07) is 10.3. The van der Waals surface area contributed by atoms with Crippen LogP contribution < -0.4 is 5.32 Å². The molecule has 2 heterocycles. The Morgan fingerprint density at radius 2 is 2.06 bits per heavy atom. The molecule has 3 rings (SSSR count). The molecule has 1 aromatic carbocycles. The van der Waals surface area contributed by atoms with Gasteiger partial charge in [0.05, 0.1) is 12.1 Å². The molecule has 0 radical (unpaired) electrons. The molecule has 82 valence electrons. The van der Waals surface area contributed by atoms with E-state index in [4.69, 9.17) is 4.42 Å². The number of benzene rings is 1. The van der Waals surface area contributed by atoms with Crippen LogP contribution in [0.25, 0.3) is 0 Å². The maximum Gasteiger partial charge on any atom is 0.200 e. The molecule has 0 atom stereocenters. The van der Waals surface area contributed by atoms with Crippen LogP contribution in [0.5, 0.6) is 0 Å². The number of hydrogen-bond donors (Lipinski definition) is 1. The van der Waals surface area contributed by atoms with E-state index in [-0.39, 0.29) is 0 Å². The molecule has 0 spiro atoms. The fourth-order valence-electron chi connectivity index (χ4n) is 1.85. The lowest BCUT2D eigenvalue weighted by Gasteiger charge is -2.23. The Bertz CT molecular complexity index is 460. The quantitative estimate of drug-likeness (QED) is 0.848. The van der Waals surface area contributed by atoms with Crippen LogP contribution in [0.15, 0.2) is 40.9 Å². The molecule has 3 heteroatoms. The Kier molecular flexibility index (Phi) is 2.46. The van der Waals surface area contributed by atoms with Gasteiger partial charge in [0, 0.05) is 19.5 Å². The van der Waals surface area contributed by atoms with Crippen molar-refractivity contribution in [3.8, 4) is 0 Å². The summed E-state index contributed by atoms with van der Waals surface area (Å²) < 4.78 is 5.74. The standard InChI is InChI=1S/C13H14N2O/c1-2-4-10(5-3-1)6-12-9-15-13(16-12)11-7-14-8-11/h1-5,9,11,14H,6-8H2. The maximum absolute atomic E-state index is 5.74. The van der Waals surface area contributed by atoms with Crippen molar-refractivity contribution >= 4 is 0 Å². The van der Waals surface area contributed by atoms with E-state index >= 15 is 0 Å². The molecule has 0 unspecified atom stereocenters. The minimum absolute atomic E-state index is 0.476. The van der Waals surface area contributed by atoms with Crippen molar-refractivity contribution < 1.29 is 4.42 Å². The third kappa shape index (κ3) is 1.86. The second-order valence-corrected chi connectivity index (χ2v) is 4.18. The number of hydrogen-bond acceptors (Lipinski definition) is 3. The van der Waals surface area contributed by atoms with Crippen LogP contribution in [-0.2, 0) is 6.42 Å². The van der Waals surface area contributed by atoms with Gasteiger partial charge in [0.1, 0.15) is 5.76 Å². The summed E-state index contributed by atoms with van der Waals surface area (Å²) in [5, 5.41) is 3.22. The highest BCUT2D eigenvalue weighted by Crippen LogP contribution is 2.20. The number of rotatable bonds is 3. The molecule has 0 saturated carbocycles. The molecule has 1 aliphatic heterocycles. The van der Waals surface area contributed by atoms with E-state index in [1.54, 1.807) is 0 Å². The maximum atomic E-state index is 5.74. The average molecular weight is 214 g/mol. The smallest absolute Gasteiger partial charge is 0.200 e. The Labute approximate surface area is 94.5 Å². The highest BCUT2D eigenvalue weighted by Gasteiger charge is 2.23. The first-order valence-corrected chi connectivity index (χ1v) is 5.61. The van der Waals surface area contributed by atoms with E-state index in [1.165, 1.54) is 5.56 Å². The number of aromatic nitrogens is 1. The van der Waals surface area contributed by atoms with Gasteiger partial charge in [-0.2, -0.15) is 0 Å². The number of nitrogens with one attached hydrogen (secondary N) is 1. The number of oxazole rings is 1. The van der Waals surface area contributed by atoms with E-state index in [0.717, 1.165) is 31.2 Å². The Hall–Kier alpha value is -1.61. The largest absolute Gasteiger partial charge is 0.445 e. The average Bonchev–Trinajstić information content (AvgIpc) is 2.65. The Balaban J connectivity index is 1.73. The first-order valence-electron chi connectivity index (χ1n) is 5.61. The molecule has 16 heavy (non-hydrogen) atoms. The Morgan fingerprint density at radius 3 is 2.75 bits per heavy atom. The lowest BCUT2D eigenvalue weighted by molar-refractivity contribution is 0.347. The molecule has 1 saturated heterocycles. The van der Waals surface area contributed by atoms with Gasteiger partial charge in [-0.1, -0.05) is 30.3 Å². The zero-order chi connectivity index (χ0) is 10.8. The summed E-state index contributed by atoms with van der Waals surface area (Å²) in [5.74, 6) is 2.31. The van der Waals surface area contributed by atoms with Gasteiger partial charge in [0.2, 0.25) is 0 Å². The Morgan fingerprint density at radius 1 is 1.25 bits per heavy atom. The lowest BCUT2D eigenvalue weighted by atomic mass is 10.0. The van der Waals surface area contributed by atoms with E-state index < -0.39 is 0 Å². The first-order chi connectivity index (χ1) is 7.92. The summed E-state index contributed by atoms with van der Waals surface area (Å²) in [6.07, 6.45) is 2.68. The van der Waals surface area contributed by atoms with Gasteiger partial charge in [-0.3, -0.25) is 0 Å². The molecule has 1 N–H and O–H groups in total. The molecular weight excluding hydrogens is 200 g/mol. The predicted octanol–water partition coefficient (Wildman–Crippen LogP) is 1.95. The van der Waals surface area contributed by atoms with Gasteiger partial charge in [0.25, 0.3) is 0 Å². The third-order valence-corrected chi connectivity index (χ3v) is 2.92. The summed E-state index contributed by atoms with van der Waals surface area (Å²) >= 11 is 0. The van der Waals surface area contributed by atoms with Crippen molar-refractivity contribution in [2.45, 2.75) is 12.3 Å². The van der Waals surface area contributed by atoms with E-state index in [1.807, 2.05) is 24.4 Å². The zero-order valence-corrected chi connectivity index (χ0v) is 9.02. The third-order valence-electron chi connectivity index (χ3n) is 2.92. The van der Waals surface area contributed by atoms with Gasteiger partial charge in [-0.05, 0) is 5.56 Å². The van der Waals surface area contributed by atoms with Crippen molar-refractivity contribution in [3.05, 3.63) is 53.7 Å². The second kappa shape index (κ2) is 4.10. The van der Waals surface area contributed by atoms with Crippen molar-refractivity contribution in [2.24, 2.45) is 0 Å². The lowest BCUT2D eigenvalue weighted by Crippen LogP contribution is -2.40. The molecular formula is C13H14N2O. The van der Waals surface area contributed by atoms with Crippen molar-refractivity contribution in [1.29, 1.82) is 0 Å². The van der Waals surface area contributed by atoms with E-state index in [2.05, 4.69) is 22.4 Å².